The Morgan fingerprint density at radius 3 is 2.47 bits per heavy atom. The summed E-state index contributed by atoms with van der Waals surface area (Å²) in [5, 5.41) is 20.6. The van der Waals surface area contributed by atoms with E-state index < -0.39 is 18.5 Å². The number of aromatic carboxylic acids is 1. The Kier molecular flexibility index (Phi) is 3.68. The van der Waals surface area contributed by atoms with Crippen molar-refractivity contribution in [2.24, 2.45) is 0 Å². The van der Waals surface area contributed by atoms with Gasteiger partial charge >= 0.3 is 0 Å². The second-order valence-corrected chi connectivity index (χ2v) is 3.45. The Labute approximate surface area is 93.4 Å². The van der Waals surface area contributed by atoms with Crippen LogP contribution >= 0.6 is 15.9 Å². The van der Waals surface area contributed by atoms with Crippen LogP contribution in [0.15, 0.2) is 22.7 Å². The van der Waals surface area contributed by atoms with Crippen molar-refractivity contribution in [2.45, 2.75) is 0 Å². The number of ether oxygens (including phenoxy) is 1. The highest BCUT2D eigenvalue weighted by Crippen LogP contribution is 2.25. The summed E-state index contributed by atoms with van der Waals surface area (Å²) in [6, 6.07) is 3.85. The van der Waals surface area contributed by atoms with Crippen molar-refractivity contribution >= 4 is 27.9 Å². The molecule has 0 aliphatic heterocycles. The minimum atomic E-state index is -1.36. The topological polar surface area (TPSA) is 89.5 Å². The average molecular weight is 273 g/mol. The minimum absolute atomic E-state index is 0.0253. The van der Waals surface area contributed by atoms with E-state index in [0.717, 1.165) is 0 Å². The maximum atomic E-state index is 10.5. The maximum absolute atomic E-state index is 10.5. The minimum Gasteiger partial charge on any atom is -0.546 e. The molecular formula is C9H5BrO5-2. The van der Waals surface area contributed by atoms with Crippen LogP contribution < -0.4 is 14.9 Å². The lowest BCUT2D eigenvalue weighted by Gasteiger charge is -2.10. The zero-order valence-electron chi connectivity index (χ0n) is 7.36. The van der Waals surface area contributed by atoms with Gasteiger partial charge in [-0.2, -0.15) is 0 Å². The van der Waals surface area contributed by atoms with Crippen molar-refractivity contribution < 1.29 is 24.5 Å². The number of carbonyl (C=O) groups excluding carboxylic acids is 2. The van der Waals surface area contributed by atoms with Gasteiger partial charge in [-0.05, 0) is 39.7 Å². The van der Waals surface area contributed by atoms with Crippen LogP contribution in [0, 0.1) is 0 Å². The molecule has 0 bridgehead atoms. The summed E-state index contributed by atoms with van der Waals surface area (Å²) in [5.41, 5.74) is -0.0253. The number of carboxylic acid groups (broad SMARTS) is 2. The predicted octanol–water partition coefficient (Wildman–Crippen LogP) is -1.06. The number of halogens is 1. The van der Waals surface area contributed by atoms with Crippen LogP contribution in [0.3, 0.4) is 0 Å². The lowest BCUT2D eigenvalue weighted by Crippen LogP contribution is -2.29. The highest BCUT2D eigenvalue weighted by atomic mass is 79.9. The maximum Gasteiger partial charge on any atom is 0.134 e. The number of hydrogen-bond donors (Lipinski definition) is 0. The molecule has 0 N–H and O–H groups in total. The fourth-order valence-electron chi connectivity index (χ4n) is 0.882. The number of carboxylic acids is 2. The molecule has 0 fully saturated rings. The smallest absolute Gasteiger partial charge is 0.134 e. The third-order valence-electron chi connectivity index (χ3n) is 1.51. The van der Waals surface area contributed by atoms with Crippen molar-refractivity contribution in [3.63, 3.8) is 0 Å². The van der Waals surface area contributed by atoms with E-state index in [1.165, 1.54) is 18.2 Å². The molecule has 15 heavy (non-hydrogen) atoms. The summed E-state index contributed by atoms with van der Waals surface area (Å²) in [6.07, 6.45) is 0. The van der Waals surface area contributed by atoms with E-state index in [4.69, 9.17) is 4.74 Å². The molecule has 0 saturated carbocycles. The van der Waals surface area contributed by atoms with Crippen molar-refractivity contribution in [1.82, 2.24) is 0 Å². The second kappa shape index (κ2) is 4.79. The zero-order chi connectivity index (χ0) is 11.4. The quantitative estimate of drug-likeness (QED) is 0.697. The average Bonchev–Trinajstić information content (AvgIpc) is 2.15. The summed E-state index contributed by atoms with van der Waals surface area (Å²) in [7, 11) is 0. The SMILES string of the molecule is O=C([O-])COc1ccc(C(=O)[O-])cc1Br. The van der Waals surface area contributed by atoms with Crippen LogP contribution in [0.2, 0.25) is 0 Å². The predicted molar refractivity (Wildman–Crippen MR) is 49.0 cm³/mol. The normalized spacial score (nSPS) is 9.67. The fourth-order valence-corrected chi connectivity index (χ4v) is 1.37. The summed E-state index contributed by atoms with van der Waals surface area (Å²) in [6.45, 7) is -0.594. The van der Waals surface area contributed by atoms with E-state index in [1.807, 2.05) is 0 Å². The fraction of sp³-hybridized carbons (Fsp3) is 0.111. The number of hydrogen-bond acceptors (Lipinski definition) is 5. The van der Waals surface area contributed by atoms with Crippen LogP contribution in [0.5, 0.6) is 5.75 Å². The molecule has 0 aromatic heterocycles. The molecule has 0 heterocycles. The van der Waals surface area contributed by atoms with E-state index in [2.05, 4.69) is 15.9 Å². The van der Waals surface area contributed by atoms with Crippen molar-refractivity contribution in [2.75, 3.05) is 6.61 Å². The first-order chi connectivity index (χ1) is 7.00. The van der Waals surface area contributed by atoms with Crippen molar-refractivity contribution in [3.8, 4) is 5.75 Å². The molecule has 0 spiro atoms. The van der Waals surface area contributed by atoms with Crippen LogP contribution in [-0.4, -0.2) is 18.5 Å². The first-order valence-electron chi connectivity index (χ1n) is 3.84. The number of rotatable bonds is 4. The van der Waals surface area contributed by atoms with Gasteiger partial charge < -0.3 is 24.5 Å². The number of benzene rings is 1. The van der Waals surface area contributed by atoms with Gasteiger partial charge in [0, 0.05) is 0 Å². The summed E-state index contributed by atoms with van der Waals surface area (Å²) < 4.78 is 5.15. The molecule has 1 rings (SSSR count). The molecule has 80 valence electrons. The van der Waals surface area contributed by atoms with E-state index >= 15 is 0 Å². The Hall–Kier alpha value is -1.56. The van der Waals surface area contributed by atoms with E-state index in [9.17, 15) is 19.8 Å². The van der Waals surface area contributed by atoms with Gasteiger partial charge in [-0.3, -0.25) is 0 Å². The van der Waals surface area contributed by atoms with E-state index in [1.54, 1.807) is 0 Å². The molecule has 0 aliphatic carbocycles. The Morgan fingerprint density at radius 2 is 2.00 bits per heavy atom. The van der Waals surface area contributed by atoms with Gasteiger partial charge in [0.2, 0.25) is 0 Å². The van der Waals surface area contributed by atoms with Gasteiger partial charge in [-0.15, -0.1) is 0 Å². The highest BCUT2D eigenvalue weighted by molar-refractivity contribution is 9.10. The van der Waals surface area contributed by atoms with Gasteiger partial charge in [0.25, 0.3) is 0 Å². The lowest BCUT2D eigenvalue weighted by molar-refractivity contribution is -0.307. The summed E-state index contributed by atoms with van der Waals surface area (Å²) >= 11 is 3.04. The third-order valence-corrected chi connectivity index (χ3v) is 2.13. The molecule has 0 aliphatic rings. The van der Waals surface area contributed by atoms with Crippen LogP contribution in [0.1, 0.15) is 10.4 Å². The largest absolute Gasteiger partial charge is 0.546 e. The monoisotopic (exact) mass is 272 g/mol. The standard InChI is InChI=1S/C9H7BrO5/c10-6-3-5(9(13)14)1-2-7(6)15-4-8(11)12/h1-3H,4H2,(H,11,12)(H,13,14)/p-2. The molecule has 1 aromatic rings. The van der Waals surface area contributed by atoms with Crippen molar-refractivity contribution in [3.05, 3.63) is 28.2 Å². The molecule has 0 amide bonds. The highest BCUT2D eigenvalue weighted by Gasteiger charge is 2.03. The molecule has 0 unspecified atom stereocenters. The summed E-state index contributed by atoms with van der Waals surface area (Å²) in [4.78, 5) is 20.6. The summed E-state index contributed by atoms with van der Waals surface area (Å²) in [5.74, 6) is -2.45. The van der Waals surface area contributed by atoms with E-state index in [0.29, 0.717) is 4.47 Å². The first kappa shape index (κ1) is 11.5. The molecule has 6 heteroatoms. The Bertz CT molecular complexity index is 401. The van der Waals surface area contributed by atoms with Gasteiger partial charge in [-0.1, -0.05) is 0 Å². The van der Waals surface area contributed by atoms with Gasteiger partial charge in [0.15, 0.2) is 0 Å². The lowest BCUT2D eigenvalue weighted by atomic mass is 10.2. The zero-order valence-corrected chi connectivity index (χ0v) is 8.94. The Morgan fingerprint density at radius 1 is 1.33 bits per heavy atom. The van der Waals surface area contributed by atoms with E-state index in [-0.39, 0.29) is 11.3 Å². The molecule has 5 nitrogen and oxygen atoms in total. The number of aliphatic carboxylic acids is 1. The van der Waals surface area contributed by atoms with Crippen LogP contribution in [0.25, 0.3) is 0 Å². The molecule has 0 saturated heterocycles. The van der Waals surface area contributed by atoms with Crippen LogP contribution in [0.4, 0.5) is 0 Å². The van der Waals surface area contributed by atoms with Crippen LogP contribution in [-0.2, 0) is 4.79 Å². The first-order valence-corrected chi connectivity index (χ1v) is 4.63. The second-order valence-electron chi connectivity index (χ2n) is 2.59. The molecular weight excluding hydrogens is 268 g/mol. The van der Waals surface area contributed by atoms with Gasteiger partial charge in [-0.25, -0.2) is 0 Å². The molecule has 0 atom stereocenters. The molecule has 0 radical (unpaired) electrons. The van der Waals surface area contributed by atoms with Gasteiger partial charge in [0.05, 0.1) is 16.4 Å². The Balaban J connectivity index is 2.83. The number of carbonyl (C=O) groups is 2. The third kappa shape index (κ3) is 3.25. The molecule has 1 aromatic carbocycles. The van der Waals surface area contributed by atoms with Gasteiger partial charge in [0.1, 0.15) is 12.4 Å². The van der Waals surface area contributed by atoms with Crippen molar-refractivity contribution in [1.29, 1.82) is 0 Å².